The molecule has 1 unspecified atom stereocenters. The number of nitrogens with zero attached hydrogens (tertiary/aromatic N) is 1. The summed E-state index contributed by atoms with van der Waals surface area (Å²) in [6, 6.07) is 9.05. The molecule has 3 aromatic rings. The molecule has 9 heteroatoms. The lowest BCUT2D eigenvalue weighted by Gasteiger charge is -2.23. The molecule has 0 aliphatic heterocycles. The Labute approximate surface area is 191 Å². The van der Waals surface area contributed by atoms with Gasteiger partial charge >= 0.3 is 5.97 Å². The van der Waals surface area contributed by atoms with E-state index in [9.17, 15) is 19.8 Å². The van der Waals surface area contributed by atoms with Gasteiger partial charge in [0.05, 0.1) is 35.4 Å². The van der Waals surface area contributed by atoms with Gasteiger partial charge in [-0.2, -0.15) is 0 Å². The van der Waals surface area contributed by atoms with E-state index in [0.717, 1.165) is 0 Å². The first-order chi connectivity index (χ1) is 15.6. The van der Waals surface area contributed by atoms with Gasteiger partial charge in [0, 0.05) is 11.6 Å². The van der Waals surface area contributed by atoms with E-state index >= 15 is 0 Å². The zero-order valence-corrected chi connectivity index (χ0v) is 18.9. The van der Waals surface area contributed by atoms with Gasteiger partial charge in [-0.25, -0.2) is 4.79 Å². The van der Waals surface area contributed by atoms with Gasteiger partial charge < -0.3 is 30.7 Å². The number of carbonyl (C=O) groups excluding carboxylic acids is 1. The summed E-state index contributed by atoms with van der Waals surface area (Å²) in [5, 5.41) is 22.7. The number of carbonyl (C=O) groups is 2. The molecule has 1 aromatic heterocycles. The summed E-state index contributed by atoms with van der Waals surface area (Å²) in [5.41, 5.74) is 7.28. The number of benzene rings is 2. The minimum Gasteiger partial charge on any atom is -0.508 e. The molecule has 0 aliphatic carbocycles. The van der Waals surface area contributed by atoms with E-state index in [1.807, 2.05) is 13.8 Å². The van der Waals surface area contributed by atoms with Crippen LogP contribution in [-0.4, -0.2) is 46.8 Å². The maximum absolute atomic E-state index is 12.8. The van der Waals surface area contributed by atoms with E-state index in [2.05, 4.69) is 10.3 Å². The summed E-state index contributed by atoms with van der Waals surface area (Å²) < 4.78 is 11.1. The second-order valence-electron chi connectivity index (χ2n) is 8.00. The number of amides is 1. The van der Waals surface area contributed by atoms with Crippen LogP contribution in [0, 0.1) is 12.8 Å². The molecule has 33 heavy (non-hydrogen) atoms. The Balaban J connectivity index is 1.86. The Morgan fingerprint density at radius 3 is 2.58 bits per heavy atom. The van der Waals surface area contributed by atoms with Gasteiger partial charge in [-0.05, 0) is 37.1 Å². The van der Waals surface area contributed by atoms with Crippen LogP contribution in [0.1, 0.15) is 40.3 Å². The van der Waals surface area contributed by atoms with E-state index in [0.29, 0.717) is 28.1 Å². The number of rotatable bonds is 8. The van der Waals surface area contributed by atoms with E-state index in [4.69, 9.17) is 15.2 Å². The van der Waals surface area contributed by atoms with Crippen LogP contribution in [0.4, 0.5) is 5.69 Å². The Hall–Kier alpha value is -4.01. The maximum Gasteiger partial charge on any atom is 0.339 e. The van der Waals surface area contributed by atoms with Crippen LogP contribution in [-0.2, 0) is 0 Å². The number of aromatic nitrogens is 1. The number of nitrogens with two attached hydrogens (primary N) is 1. The fourth-order valence-corrected chi connectivity index (χ4v) is 3.49. The van der Waals surface area contributed by atoms with Crippen LogP contribution in [0.15, 0.2) is 36.4 Å². The number of pyridine rings is 1. The van der Waals surface area contributed by atoms with Crippen LogP contribution in [0.3, 0.4) is 0 Å². The first-order valence-corrected chi connectivity index (χ1v) is 10.4. The van der Waals surface area contributed by atoms with Crippen molar-refractivity contribution in [3.05, 3.63) is 53.2 Å². The van der Waals surface area contributed by atoms with E-state index in [-0.39, 0.29) is 41.1 Å². The second-order valence-corrected chi connectivity index (χ2v) is 8.00. The maximum atomic E-state index is 12.8. The molecular weight excluding hydrogens is 426 g/mol. The lowest BCUT2D eigenvalue weighted by Crippen LogP contribution is -2.42. The minimum absolute atomic E-state index is 0.00966. The highest BCUT2D eigenvalue weighted by Gasteiger charge is 2.22. The zero-order valence-electron chi connectivity index (χ0n) is 18.9. The summed E-state index contributed by atoms with van der Waals surface area (Å²) in [4.78, 5) is 28.8. The average molecular weight is 453 g/mol. The third-order valence-corrected chi connectivity index (χ3v) is 5.34. The number of aromatic hydroxyl groups is 1. The van der Waals surface area contributed by atoms with Crippen molar-refractivity contribution in [3.8, 4) is 17.2 Å². The van der Waals surface area contributed by atoms with Gasteiger partial charge in [0.1, 0.15) is 29.4 Å². The van der Waals surface area contributed by atoms with Gasteiger partial charge in [0.25, 0.3) is 5.91 Å². The van der Waals surface area contributed by atoms with Crippen molar-refractivity contribution in [2.75, 3.05) is 19.5 Å². The molecule has 1 atom stereocenters. The summed E-state index contributed by atoms with van der Waals surface area (Å²) in [7, 11) is 1.45. The number of nitrogen functional groups attached to an aromatic ring is 1. The fraction of sp³-hybridized carbons (Fsp3) is 0.292. The van der Waals surface area contributed by atoms with Crippen molar-refractivity contribution in [1.82, 2.24) is 10.3 Å². The van der Waals surface area contributed by atoms with Crippen LogP contribution in [0.5, 0.6) is 17.2 Å². The molecule has 2 aromatic carbocycles. The predicted octanol–water partition coefficient (Wildman–Crippen LogP) is 3.37. The number of nitrogens with one attached hydrogen (secondary N) is 1. The normalized spacial score (nSPS) is 11.9. The van der Waals surface area contributed by atoms with Gasteiger partial charge in [0.15, 0.2) is 0 Å². The third kappa shape index (κ3) is 5.08. The smallest absolute Gasteiger partial charge is 0.339 e. The summed E-state index contributed by atoms with van der Waals surface area (Å²) >= 11 is 0. The van der Waals surface area contributed by atoms with Crippen molar-refractivity contribution in [1.29, 1.82) is 0 Å². The lowest BCUT2D eigenvalue weighted by molar-refractivity contribution is 0.0696. The fourth-order valence-electron chi connectivity index (χ4n) is 3.49. The van der Waals surface area contributed by atoms with Crippen LogP contribution in [0.2, 0.25) is 0 Å². The number of hydrogen-bond donors (Lipinski definition) is 4. The zero-order chi connectivity index (χ0) is 24.3. The Kier molecular flexibility index (Phi) is 6.91. The summed E-state index contributed by atoms with van der Waals surface area (Å²) in [6.07, 6.45) is 0. The summed E-state index contributed by atoms with van der Waals surface area (Å²) in [5.74, 6) is -0.896. The highest BCUT2D eigenvalue weighted by atomic mass is 16.5. The molecule has 0 saturated heterocycles. The number of aromatic carboxylic acids is 1. The molecule has 9 nitrogen and oxygen atoms in total. The molecule has 3 rings (SSSR count). The number of methoxy groups -OCH3 is 1. The average Bonchev–Trinajstić information content (AvgIpc) is 2.75. The highest BCUT2D eigenvalue weighted by molar-refractivity contribution is 6.06. The number of aryl methyl sites for hydroxylation is 1. The number of ether oxygens (including phenoxy) is 2. The molecule has 174 valence electrons. The van der Waals surface area contributed by atoms with Gasteiger partial charge in [-0.15, -0.1) is 0 Å². The van der Waals surface area contributed by atoms with Crippen LogP contribution >= 0.6 is 0 Å². The van der Waals surface area contributed by atoms with Crippen molar-refractivity contribution in [3.63, 3.8) is 0 Å². The summed E-state index contributed by atoms with van der Waals surface area (Å²) in [6.45, 7) is 5.56. The monoisotopic (exact) mass is 453 g/mol. The van der Waals surface area contributed by atoms with Crippen LogP contribution < -0.4 is 20.5 Å². The first-order valence-electron chi connectivity index (χ1n) is 10.4. The van der Waals surface area contributed by atoms with Crippen molar-refractivity contribution < 1.29 is 29.3 Å². The van der Waals surface area contributed by atoms with Gasteiger partial charge in [-0.3, -0.25) is 9.78 Å². The number of fused-ring (bicyclic) bond motifs is 1. The second kappa shape index (κ2) is 9.64. The molecule has 1 heterocycles. The molecule has 0 bridgehead atoms. The number of hydrogen-bond acceptors (Lipinski definition) is 7. The molecule has 1 amide bonds. The molecular formula is C24H27N3O6. The minimum atomic E-state index is -1.16. The quantitative estimate of drug-likeness (QED) is 0.406. The lowest BCUT2D eigenvalue weighted by atomic mass is 10.0. The molecule has 0 aliphatic rings. The molecule has 0 spiro atoms. The largest absolute Gasteiger partial charge is 0.508 e. The molecule has 0 fully saturated rings. The number of phenols is 1. The predicted molar refractivity (Wildman–Crippen MR) is 124 cm³/mol. The van der Waals surface area contributed by atoms with Gasteiger partial charge in [-0.1, -0.05) is 19.9 Å². The Morgan fingerprint density at radius 2 is 1.94 bits per heavy atom. The van der Waals surface area contributed by atoms with E-state index < -0.39 is 11.9 Å². The number of phenolic OH excluding ortho intramolecular Hbond substituents is 1. The van der Waals surface area contributed by atoms with Crippen molar-refractivity contribution >= 4 is 28.5 Å². The number of anilines is 1. The molecule has 0 saturated carbocycles. The third-order valence-electron chi connectivity index (χ3n) is 5.34. The standard InChI is InChI=1S/C24H27N3O6/c1-12(2)18(27-23(29)14-8-15(28)10-16(9-14)32-4)11-33-19-7-5-6-17-21(19)22(25)20(24(30)31)13(3)26-17/h5-10,12,18,28H,11H2,1-4H3,(H2,25,26)(H,27,29)(H,30,31). The number of carboxylic acid groups (broad SMARTS) is 1. The van der Waals surface area contributed by atoms with Crippen molar-refractivity contribution in [2.24, 2.45) is 5.92 Å². The molecule has 5 N–H and O–H groups in total. The van der Waals surface area contributed by atoms with E-state index in [1.54, 1.807) is 25.1 Å². The van der Waals surface area contributed by atoms with Gasteiger partial charge in [0.2, 0.25) is 0 Å². The highest BCUT2D eigenvalue weighted by Crippen LogP contribution is 2.33. The Bertz CT molecular complexity index is 1210. The molecule has 0 radical (unpaired) electrons. The first kappa shape index (κ1) is 23.6. The SMILES string of the molecule is COc1cc(O)cc(C(=O)NC(COc2cccc3nc(C)c(C(=O)O)c(N)c23)C(C)C)c1. The van der Waals surface area contributed by atoms with E-state index in [1.165, 1.54) is 25.3 Å². The number of carboxylic acids is 1. The topological polar surface area (TPSA) is 144 Å². The van der Waals surface area contributed by atoms with Crippen molar-refractivity contribution in [2.45, 2.75) is 26.8 Å². The Morgan fingerprint density at radius 1 is 1.21 bits per heavy atom. The van der Waals surface area contributed by atoms with Crippen LogP contribution in [0.25, 0.3) is 10.9 Å².